The van der Waals surface area contributed by atoms with E-state index in [1.54, 1.807) is 6.08 Å². The van der Waals surface area contributed by atoms with E-state index in [1.807, 2.05) is 10.8 Å². The number of halogens is 1. The molecule has 4 atom stereocenters. The number of fused-ring (bicyclic) bond motifs is 2. The summed E-state index contributed by atoms with van der Waals surface area (Å²) in [5.74, 6) is -3.05. The monoisotopic (exact) mass is 579 g/mol. The van der Waals surface area contributed by atoms with Gasteiger partial charge in [-0.15, -0.1) is 0 Å². The molecule has 4 amide bonds. The summed E-state index contributed by atoms with van der Waals surface area (Å²) in [5, 5.41) is 2.73. The molecule has 0 aromatic heterocycles. The van der Waals surface area contributed by atoms with Gasteiger partial charge in [0.25, 0.3) is 11.8 Å². The first kappa shape index (κ1) is 29.3. The number of anilines is 1. The molecule has 1 aromatic carbocycles. The maximum absolute atomic E-state index is 13.5. The van der Waals surface area contributed by atoms with Gasteiger partial charge in [-0.3, -0.25) is 18.7 Å². The fourth-order valence-corrected chi connectivity index (χ4v) is 6.19. The fourth-order valence-electron chi connectivity index (χ4n) is 5.24. The molecule has 0 spiro atoms. The number of hydrogen-bond donors (Lipinski definition) is 3. The Kier molecular flexibility index (Phi) is 8.66. The third kappa shape index (κ3) is 6.37. The summed E-state index contributed by atoms with van der Waals surface area (Å²) < 4.78 is 47.3. The van der Waals surface area contributed by atoms with E-state index in [0.717, 1.165) is 29.3 Å². The van der Waals surface area contributed by atoms with Crippen LogP contribution in [0.25, 0.3) is 0 Å². The van der Waals surface area contributed by atoms with Crippen LogP contribution >= 0.6 is 0 Å². The lowest BCUT2D eigenvalue weighted by molar-refractivity contribution is -0.146. The summed E-state index contributed by atoms with van der Waals surface area (Å²) in [6.45, 7) is 0.259. The molecule has 0 bridgehead atoms. The topological polar surface area (TPSA) is 168 Å². The average molecular weight is 580 g/mol. The molecule has 14 heteroatoms. The smallest absolute Gasteiger partial charge is 0.405 e. The lowest BCUT2D eigenvalue weighted by Gasteiger charge is -2.29. The highest BCUT2D eigenvalue weighted by atomic mass is 32.2. The molecule has 2 fully saturated rings. The van der Waals surface area contributed by atoms with Crippen LogP contribution in [-0.4, -0.2) is 68.4 Å². The van der Waals surface area contributed by atoms with Gasteiger partial charge in [0.2, 0.25) is 5.91 Å². The summed E-state index contributed by atoms with van der Waals surface area (Å²) in [6.07, 6.45) is 5.56. The van der Waals surface area contributed by atoms with E-state index < -0.39 is 63.4 Å². The van der Waals surface area contributed by atoms with E-state index >= 15 is 0 Å². The molecule has 4 rings (SSSR count). The molecule has 1 aliphatic carbocycles. The van der Waals surface area contributed by atoms with Crippen LogP contribution in [-0.2, 0) is 29.3 Å². The van der Waals surface area contributed by atoms with Crippen LogP contribution in [0.4, 0.5) is 14.9 Å². The van der Waals surface area contributed by atoms with Crippen molar-refractivity contribution in [2.75, 3.05) is 17.9 Å². The average Bonchev–Trinajstić information content (AvgIpc) is 3.36. The maximum Gasteiger partial charge on any atom is 0.405 e. The summed E-state index contributed by atoms with van der Waals surface area (Å²) in [7, 11) is -3.19. The third-order valence-electron chi connectivity index (χ3n) is 7.62. The van der Waals surface area contributed by atoms with Crippen LogP contribution in [0, 0.1) is 11.7 Å². The fraction of sp³-hybridized carbons (Fsp3) is 0.538. The molecule has 12 nitrogen and oxygen atoms in total. The Hall–Kier alpha value is -3.68. The number of amides is 4. The molecular weight excluding hydrogens is 545 g/mol. The van der Waals surface area contributed by atoms with Crippen LogP contribution in [0.1, 0.15) is 51.4 Å². The number of primary amides is 1. The lowest BCUT2D eigenvalue weighted by atomic mass is 10.1. The van der Waals surface area contributed by atoms with Gasteiger partial charge < -0.3 is 20.7 Å². The van der Waals surface area contributed by atoms with Crippen molar-refractivity contribution in [2.24, 2.45) is 11.7 Å². The first-order chi connectivity index (χ1) is 18.9. The Balaban J connectivity index is 1.57. The van der Waals surface area contributed by atoms with Crippen molar-refractivity contribution < 1.29 is 36.7 Å². The molecule has 218 valence electrons. The summed E-state index contributed by atoms with van der Waals surface area (Å²) in [5.41, 5.74) is 3.78. The van der Waals surface area contributed by atoms with Crippen molar-refractivity contribution in [1.29, 1.82) is 0 Å². The van der Waals surface area contributed by atoms with Crippen molar-refractivity contribution in [3.8, 4) is 0 Å². The molecular formula is C26H34FN5O7S. The van der Waals surface area contributed by atoms with E-state index in [0.29, 0.717) is 25.7 Å². The van der Waals surface area contributed by atoms with Gasteiger partial charge in [-0.1, -0.05) is 18.6 Å². The molecule has 1 saturated heterocycles. The van der Waals surface area contributed by atoms with Crippen molar-refractivity contribution in [3.63, 3.8) is 0 Å². The van der Waals surface area contributed by atoms with Crippen molar-refractivity contribution >= 4 is 39.7 Å². The second-order valence-electron chi connectivity index (χ2n) is 10.3. The molecule has 4 unspecified atom stereocenters. The molecule has 1 saturated carbocycles. The zero-order chi connectivity index (χ0) is 29.1. The SMILES string of the molecule is CN(c1ccc(F)cc1)S(=O)(=O)NC(=O)C12CC1/C=C\CCCCCC(OC(N)=O)C(=O)N1CCCC1C(=O)N2. The summed E-state index contributed by atoms with van der Waals surface area (Å²) >= 11 is 0. The normalized spacial score (nSPS) is 28.1. The highest BCUT2D eigenvalue weighted by Gasteiger charge is 2.61. The first-order valence-corrected chi connectivity index (χ1v) is 14.7. The van der Waals surface area contributed by atoms with Crippen molar-refractivity contribution in [1.82, 2.24) is 14.9 Å². The zero-order valence-electron chi connectivity index (χ0n) is 22.2. The highest BCUT2D eigenvalue weighted by Crippen LogP contribution is 2.45. The van der Waals surface area contributed by atoms with Crippen LogP contribution < -0.4 is 20.1 Å². The predicted octanol–water partition coefficient (Wildman–Crippen LogP) is 1.47. The van der Waals surface area contributed by atoms with Crippen LogP contribution in [0.3, 0.4) is 0 Å². The minimum Gasteiger partial charge on any atom is -0.436 e. The lowest BCUT2D eigenvalue weighted by Crippen LogP contribution is -2.58. The highest BCUT2D eigenvalue weighted by molar-refractivity contribution is 7.91. The third-order valence-corrected chi connectivity index (χ3v) is 8.99. The molecule has 4 N–H and O–H groups in total. The van der Waals surface area contributed by atoms with E-state index in [9.17, 15) is 32.0 Å². The quantitative estimate of drug-likeness (QED) is 0.444. The maximum atomic E-state index is 13.5. The van der Waals surface area contributed by atoms with E-state index in [-0.39, 0.29) is 25.1 Å². The second-order valence-corrected chi connectivity index (χ2v) is 12.0. The van der Waals surface area contributed by atoms with Gasteiger partial charge in [-0.2, -0.15) is 8.42 Å². The molecule has 3 aliphatic rings. The van der Waals surface area contributed by atoms with E-state index in [4.69, 9.17) is 10.5 Å². The number of nitrogens with one attached hydrogen (secondary N) is 2. The Bertz CT molecular complexity index is 1290. The van der Waals surface area contributed by atoms with Gasteiger partial charge in [-0.05, 0) is 69.2 Å². The van der Waals surface area contributed by atoms with Crippen LogP contribution in [0.5, 0.6) is 0 Å². The molecule has 0 radical (unpaired) electrons. The molecule has 2 heterocycles. The van der Waals surface area contributed by atoms with E-state index in [1.165, 1.54) is 24.1 Å². The largest absolute Gasteiger partial charge is 0.436 e. The Morgan fingerprint density at radius 3 is 2.58 bits per heavy atom. The van der Waals surface area contributed by atoms with Gasteiger partial charge >= 0.3 is 16.3 Å². The Morgan fingerprint density at radius 1 is 1.15 bits per heavy atom. The first-order valence-electron chi connectivity index (χ1n) is 13.3. The number of nitrogens with zero attached hydrogens (tertiary/aromatic N) is 2. The Morgan fingerprint density at radius 2 is 1.88 bits per heavy atom. The van der Waals surface area contributed by atoms with Gasteiger partial charge in [-0.25, -0.2) is 13.9 Å². The van der Waals surface area contributed by atoms with Crippen molar-refractivity contribution in [3.05, 3.63) is 42.2 Å². The number of carbonyl (C=O) groups is 4. The number of hydrogen-bond acceptors (Lipinski definition) is 7. The molecule has 2 aliphatic heterocycles. The van der Waals surface area contributed by atoms with Gasteiger partial charge in [0.1, 0.15) is 17.4 Å². The number of nitrogens with two attached hydrogens (primary N) is 1. The minimum atomic E-state index is -4.40. The molecule has 1 aromatic rings. The minimum absolute atomic E-state index is 0.130. The number of rotatable bonds is 5. The van der Waals surface area contributed by atoms with Gasteiger partial charge in [0.15, 0.2) is 6.10 Å². The standard InChI is InChI=1S/C26H34FN5O7S/c1-31(19-13-11-18(27)12-14-19)40(37,38)30-24(35)26-16-17(26)8-5-3-2-4-6-10-21(39-25(28)36)23(34)32-15-7-9-20(32)22(33)29-26/h5,8,11-14,17,20-21H,2-4,6-7,9-10,15-16H2,1H3,(H2,28,36)(H,29,33)(H,30,35)/b8-5-. The molecule has 40 heavy (non-hydrogen) atoms. The summed E-state index contributed by atoms with van der Waals surface area (Å²) in [4.78, 5) is 53.0. The van der Waals surface area contributed by atoms with Crippen LogP contribution in [0.15, 0.2) is 36.4 Å². The van der Waals surface area contributed by atoms with Crippen molar-refractivity contribution in [2.45, 2.75) is 69.1 Å². The second kappa shape index (κ2) is 11.8. The number of carbonyl (C=O) groups excluding carboxylic acids is 4. The Labute approximate surface area is 232 Å². The number of allylic oxidation sites excluding steroid dienone is 1. The number of benzene rings is 1. The number of ether oxygens (including phenoxy) is 1. The van der Waals surface area contributed by atoms with Gasteiger partial charge in [0.05, 0.1) is 5.69 Å². The van der Waals surface area contributed by atoms with E-state index in [2.05, 4.69) is 5.32 Å². The predicted molar refractivity (Wildman–Crippen MR) is 142 cm³/mol. The van der Waals surface area contributed by atoms with Gasteiger partial charge in [0, 0.05) is 19.5 Å². The zero-order valence-corrected chi connectivity index (χ0v) is 23.0. The summed E-state index contributed by atoms with van der Waals surface area (Å²) in [6, 6.07) is 3.78. The van der Waals surface area contributed by atoms with Crippen LogP contribution in [0.2, 0.25) is 0 Å².